The van der Waals surface area contributed by atoms with Crippen molar-refractivity contribution in [1.82, 2.24) is 24.6 Å². The number of nitrogens with zero attached hydrogens (tertiary/aromatic N) is 3. The average molecular weight is 515 g/mol. The largest absolute Gasteiger partial charge is 0.493 e. The summed E-state index contributed by atoms with van der Waals surface area (Å²) in [6, 6.07) is 9.83. The van der Waals surface area contributed by atoms with E-state index in [9.17, 15) is 13.2 Å². The first-order chi connectivity index (χ1) is 17.4. The summed E-state index contributed by atoms with van der Waals surface area (Å²) >= 11 is 0. The first kappa shape index (κ1) is 25.9. The number of hydrogen-bond acceptors (Lipinski definition) is 7. The molecule has 2 aromatic heterocycles. The fourth-order valence-electron chi connectivity index (χ4n) is 4.55. The summed E-state index contributed by atoms with van der Waals surface area (Å²) in [5.41, 5.74) is 0.933. The Bertz CT molecular complexity index is 1280. The van der Waals surface area contributed by atoms with Crippen molar-refractivity contribution in [2.75, 3.05) is 31.3 Å². The molecule has 1 aliphatic rings. The number of anilines is 1. The SMILES string of the molecule is CCNC(=O)[C@H]1CC[C@H](Nc2nccc(-n3ccc4c(OCCCS(=O)(=O)NC)cccc43)n2)CC1. The number of aromatic nitrogens is 3. The Labute approximate surface area is 211 Å². The number of hydrogen-bond donors (Lipinski definition) is 3. The van der Waals surface area contributed by atoms with Crippen LogP contribution in [0.3, 0.4) is 0 Å². The van der Waals surface area contributed by atoms with Gasteiger partial charge in [0.2, 0.25) is 21.9 Å². The van der Waals surface area contributed by atoms with E-state index in [4.69, 9.17) is 9.72 Å². The lowest BCUT2D eigenvalue weighted by Gasteiger charge is -2.28. The van der Waals surface area contributed by atoms with Crippen LogP contribution in [-0.4, -0.2) is 60.9 Å². The Hall–Kier alpha value is -3.18. The number of benzene rings is 1. The maximum Gasteiger partial charge on any atom is 0.224 e. The van der Waals surface area contributed by atoms with Gasteiger partial charge in [-0.15, -0.1) is 0 Å². The highest BCUT2D eigenvalue weighted by molar-refractivity contribution is 7.89. The molecule has 194 valence electrons. The van der Waals surface area contributed by atoms with Gasteiger partial charge in [-0.1, -0.05) is 6.07 Å². The van der Waals surface area contributed by atoms with Gasteiger partial charge in [-0.2, -0.15) is 4.98 Å². The molecule has 4 rings (SSSR count). The van der Waals surface area contributed by atoms with Crippen LogP contribution in [0.15, 0.2) is 42.7 Å². The van der Waals surface area contributed by atoms with Crippen LogP contribution in [0.2, 0.25) is 0 Å². The first-order valence-electron chi connectivity index (χ1n) is 12.4. The lowest BCUT2D eigenvalue weighted by Crippen LogP contribution is -2.36. The molecule has 1 aliphatic carbocycles. The molecule has 2 heterocycles. The summed E-state index contributed by atoms with van der Waals surface area (Å²) < 4.78 is 33.4. The summed E-state index contributed by atoms with van der Waals surface area (Å²) in [5, 5.41) is 7.28. The van der Waals surface area contributed by atoms with Crippen LogP contribution in [-0.2, 0) is 14.8 Å². The highest BCUT2D eigenvalue weighted by atomic mass is 32.2. The molecule has 0 bridgehead atoms. The molecule has 11 heteroatoms. The number of nitrogens with one attached hydrogen (secondary N) is 3. The van der Waals surface area contributed by atoms with Crippen molar-refractivity contribution in [3.63, 3.8) is 0 Å². The van der Waals surface area contributed by atoms with Gasteiger partial charge in [0.25, 0.3) is 0 Å². The molecule has 1 saturated carbocycles. The number of sulfonamides is 1. The predicted molar refractivity (Wildman–Crippen MR) is 140 cm³/mol. The Balaban J connectivity index is 1.41. The van der Waals surface area contributed by atoms with Crippen LogP contribution in [0, 0.1) is 5.92 Å². The number of fused-ring (bicyclic) bond motifs is 1. The predicted octanol–water partition coefficient (Wildman–Crippen LogP) is 2.85. The molecule has 0 radical (unpaired) electrons. The summed E-state index contributed by atoms with van der Waals surface area (Å²) in [6.45, 7) is 2.91. The number of carbonyl (C=O) groups is 1. The van der Waals surface area contributed by atoms with Crippen LogP contribution < -0.4 is 20.1 Å². The van der Waals surface area contributed by atoms with E-state index in [-0.39, 0.29) is 23.6 Å². The van der Waals surface area contributed by atoms with Gasteiger partial charge in [-0.3, -0.25) is 4.79 Å². The molecule has 0 aliphatic heterocycles. The highest BCUT2D eigenvalue weighted by Gasteiger charge is 2.26. The molecule has 1 amide bonds. The van der Waals surface area contributed by atoms with Crippen LogP contribution in [0.4, 0.5) is 5.95 Å². The van der Waals surface area contributed by atoms with E-state index < -0.39 is 10.0 Å². The van der Waals surface area contributed by atoms with E-state index >= 15 is 0 Å². The van der Waals surface area contributed by atoms with E-state index in [1.165, 1.54) is 7.05 Å². The molecule has 10 nitrogen and oxygen atoms in total. The molecule has 0 unspecified atom stereocenters. The zero-order chi connectivity index (χ0) is 25.5. The maximum absolute atomic E-state index is 12.1. The van der Waals surface area contributed by atoms with E-state index in [1.807, 2.05) is 48.0 Å². The second-order valence-corrected chi connectivity index (χ2v) is 11.0. The quantitative estimate of drug-likeness (QED) is 0.336. The lowest BCUT2D eigenvalue weighted by atomic mass is 9.85. The molecule has 3 aromatic rings. The second-order valence-electron chi connectivity index (χ2n) is 8.93. The van der Waals surface area contributed by atoms with E-state index in [0.29, 0.717) is 31.3 Å². The third-order valence-corrected chi connectivity index (χ3v) is 7.94. The van der Waals surface area contributed by atoms with Gasteiger partial charge in [-0.05, 0) is 70.3 Å². The third kappa shape index (κ3) is 6.33. The fourth-order valence-corrected chi connectivity index (χ4v) is 5.25. The zero-order valence-electron chi connectivity index (χ0n) is 20.7. The van der Waals surface area contributed by atoms with Gasteiger partial charge in [0, 0.05) is 36.3 Å². The summed E-state index contributed by atoms with van der Waals surface area (Å²) in [7, 11) is -1.84. The van der Waals surface area contributed by atoms with Crippen molar-refractivity contribution in [2.45, 2.75) is 45.1 Å². The highest BCUT2D eigenvalue weighted by Crippen LogP contribution is 2.29. The van der Waals surface area contributed by atoms with Gasteiger partial charge in [0.05, 0.1) is 17.9 Å². The number of amides is 1. The number of rotatable bonds is 11. The molecule has 0 atom stereocenters. The first-order valence-corrected chi connectivity index (χ1v) is 14.1. The van der Waals surface area contributed by atoms with Gasteiger partial charge < -0.3 is 19.9 Å². The van der Waals surface area contributed by atoms with Gasteiger partial charge in [0.1, 0.15) is 11.6 Å². The fraction of sp³-hybridized carbons (Fsp3) is 0.480. The topological polar surface area (TPSA) is 127 Å². The molecular weight excluding hydrogens is 480 g/mol. The van der Waals surface area contributed by atoms with E-state index in [0.717, 1.165) is 42.4 Å². The number of carbonyl (C=O) groups excluding carboxylic acids is 1. The molecule has 1 fully saturated rings. The maximum atomic E-state index is 12.1. The van der Waals surface area contributed by atoms with E-state index in [2.05, 4.69) is 20.3 Å². The molecular formula is C25H34N6O4S. The van der Waals surface area contributed by atoms with Crippen molar-refractivity contribution >= 4 is 32.8 Å². The molecule has 1 aromatic carbocycles. The molecule has 3 N–H and O–H groups in total. The van der Waals surface area contributed by atoms with E-state index in [1.54, 1.807) is 6.20 Å². The monoisotopic (exact) mass is 514 g/mol. The van der Waals surface area contributed by atoms with Gasteiger partial charge in [0.15, 0.2) is 0 Å². The smallest absolute Gasteiger partial charge is 0.224 e. The number of ether oxygens (including phenoxy) is 1. The average Bonchev–Trinajstić information content (AvgIpc) is 3.32. The Morgan fingerprint density at radius 3 is 2.72 bits per heavy atom. The molecule has 0 saturated heterocycles. The second kappa shape index (κ2) is 11.7. The van der Waals surface area contributed by atoms with Crippen molar-refractivity contribution in [2.24, 2.45) is 5.92 Å². The summed E-state index contributed by atoms with van der Waals surface area (Å²) in [6.07, 6.45) is 7.58. The van der Waals surface area contributed by atoms with Crippen LogP contribution >= 0.6 is 0 Å². The normalized spacial score (nSPS) is 18.2. The standard InChI is InChI=1S/C25H34N6O4S/c1-3-27-24(32)18-8-10-19(11-9-18)29-25-28-14-12-23(30-25)31-15-13-20-21(31)6-4-7-22(20)35-16-5-17-36(33,34)26-2/h4,6-7,12-15,18-19,26H,3,5,8-11,16-17H2,1-2H3,(H,27,32)(H,28,29,30)/t18-,19-. The van der Waals surface area contributed by atoms with Crippen LogP contribution in [0.1, 0.15) is 39.0 Å². The molecule has 0 spiro atoms. The van der Waals surface area contributed by atoms with Crippen molar-refractivity contribution in [3.8, 4) is 11.6 Å². The van der Waals surface area contributed by atoms with Crippen LogP contribution in [0.25, 0.3) is 16.7 Å². The molecule has 36 heavy (non-hydrogen) atoms. The lowest BCUT2D eigenvalue weighted by molar-refractivity contribution is -0.125. The van der Waals surface area contributed by atoms with Gasteiger partial charge in [-0.25, -0.2) is 18.1 Å². The Kier molecular flexibility index (Phi) is 8.42. The van der Waals surface area contributed by atoms with Crippen molar-refractivity contribution in [1.29, 1.82) is 0 Å². The van der Waals surface area contributed by atoms with Crippen molar-refractivity contribution in [3.05, 3.63) is 42.7 Å². The summed E-state index contributed by atoms with van der Waals surface area (Å²) in [4.78, 5) is 21.2. The Morgan fingerprint density at radius 2 is 1.97 bits per heavy atom. The minimum atomic E-state index is -3.24. The minimum Gasteiger partial charge on any atom is -0.493 e. The van der Waals surface area contributed by atoms with Gasteiger partial charge >= 0.3 is 0 Å². The minimum absolute atomic E-state index is 0.0186. The zero-order valence-corrected chi connectivity index (χ0v) is 21.6. The third-order valence-electron chi connectivity index (χ3n) is 6.49. The summed E-state index contributed by atoms with van der Waals surface area (Å²) in [5.74, 6) is 2.25. The van der Waals surface area contributed by atoms with Crippen LogP contribution in [0.5, 0.6) is 5.75 Å². The van der Waals surface area contributed by atoms with Crippen molar-refractivity contribution < 1.29 is 17.9 Å². The Morgan fingerprint density at radius 1 is 1.17 bits per heavy atom.